The quantitative estimate of drug-likeness (QED) is 0.519. The zero-order valence-corrected chi connectivity index (χ0v) is 16.9. The van der Waals surface area contributed by atoms with Crippen LogP contribution in [0, 0.1) is 10.8 Å². The van der Waals surface area contributed by atoms with Crippen LogP contribution in [-0.2, 0) is 9.59 Å². The SMILES string of the molecule is O=C1C=CC(=O)C23C(=O)c4ccccc4C(=O)C12C1c2ccccc2C3c2ccccc21. The van der Waals surface area contributed by atoms with Gasteiger partial charge in [-0.2, -0.15) is 0 Å². The second kappa shape index (κ2) is 5.46. The molecule has 0 heterocycles. The maximum atomic E-state index is 14.4. The summed E-state index contributed by atoms with van der Waals surface area (Å²) in [5, 5.41) is 0. The molecule has 0 aliphatic heterocycles. The molecule has 2 unspecified atom stereocenters. The maximum absolute atomic E-state index is 14.4. The molecule has 0 saturated heterocycles. The number of rotatable bonds is 0. The second-order valence-electron chi connectivity index (χ2n) is 9.01. The van der Waals surface area contributed by atoms with Crippen molar-refractivity contribution < 1.29 is 19.2 Å². The van der Waals surface area contributed by atoms with Crippen LogP contribution in [-0.4, -0.2) is 23.1 Å². The van der Waals surface area contributed by atoms with Crippen LogP contribution in [0.15, 0.2) is 84.9 Å². The Balaban J connectivity index is 1.75. The first-order valence-corrected chi connectivity index (χ1v) is 10.7. The average molecular weight is 416 g/mol. The van der Waals surface area contributed by atoms with Gasteiger partial charge < -0.3 is 0 Å². The highest BCUT2D eigenvalue weighted by atomic mass is 16.2. The Labute approximate surface area is 183 Å². The van der Waals surface area contributed by atoms with E-state index in [4.69, 9.17) is 0 Å². The summed E-state index contributed by atoms with van der Waals surface area (Å²) < 4.78 is 0. The smallest absolute Gasteiger partial charge is 0.180 e. The molecule has 2 atom stereocenters. The number of fused-ring (bicyclic) bond motifs is 1. The van der Waals surface area contributed by atoms with E-state index in [-0.39, 0.29) is 11.1 Å². The molecule has 4 heteroatoms. The van der Waals surface area contributed by atoms with Crippen molar-refractivity contribution in [2.45, 2.75) is 11.8 Å². The number of hydrogen-bond acceptors (Lipinski definition) is 4. The molecular formula is C28H16O4. The van der Waals surface area contributed by atoms with Crippen LogP contribution in [0.25, 0.3) is 0 Å². The number of carbonyl (C=O) groups is 4. The molecule has 2 bridgehead atoms. The van der Waals surface area contributed by atoms with Gasteiger partial charge in [0.05, 0.1) is 0 Å². The fourth-order valence-corrected chi connectivity index (χ4v) is 7.03. The zero-order chi connectivity index (χ0) is 21.8. The minimum absolute atomic E-state index is 0.229. The van der Waals surface area contributed by atoms with Crippen molar-refractivity contribution in [1.82, 2.24) is 0 Å². The van der Waals surface area contributed by atoms with Gasteiger partial charge in [0.2, 0.25) is 0 Å². The van der Waals surface area contributed by atoms with E-state index in [9.17, 15) is 19.2 Å². The highest BCUT2D eigenvalue weighted by Gasteiger charge is 2.81. The zero-order valence-electron chi connectivity index (χ0n) is 16.9. The summed E-state index contributed by atoms with van der Waals surface area (Å²) >= 11 is 0. The van der Waals surface area contributed by atoms with Crippen LogP contribution < -0.4 is 0 Å². The summed E-state index contributed by atoms with van der Waals surface area (Å²) in [7, 11) is 0. The van der Waals surface area contributed by atoms with Gasteiger partial charge in [0.15, 0.2) is 23.1 Å². The summed E-state index contributed by atoms with van der Waals surface area (Å²) in [4.78, 5) is 56.5. The molecule has 3 aromatic rings. The molecule has 0 aromatic heterocycles. The summed E-state index contributed by atoms with van der Waals surface area (Å²) in [5.74, 6) is -3.16. The average Bonchev–Trinajstić information content (AvgIpc) is 2.84. The molecule has 5 aliphatic rings. The van der Waals surface area contributed by atoms with Gasteiger partial charge in [-0.05, 0) is 34.4 Å². The third kappa shape index (κ3) is 1.54. The van der Waals surface area contributed by atoms with E-state index in [2.05, 4.69) is 0 Å². The summed E-state index contributed by atoms with van der Waals surface area (Å²) in [6, 6.07) is 21.8. The molecule has 0 radical (unpaired) electrons. The molecule has 152 valence electrons. The van der Waals surface area contributed by atoms with E-state index in [1.165, 1.54) is 12.2 Å². The van der Waals surface area contributed by atoms with Gasteiger partial charge >= 0.3 is 0 Å². The minimum Gasteiger partial charge on any atom is -0.294 e. The van der Waals surface area contributed by atoms with Gasteiger partial charge in [-0.1, -0.05) is 72.8 Å². The molecular weight excluding hydrogens is 400 g/mol. The molecule has 8 rings (SSSR count). The number of Topliss-reactive ketones (excluding diaryl/α,β-unsaturated/α-hetero) is 2. The van der Waals surface area contributed by atoms with E-state index >= 15 is 0 Å². The maximum Gasteiger partial charge on any atom is 0.180 e. The predicted octanol–water partition coefficient (Wildman–Crippen LogP) is 4.04. The molecule has 4 nitrogen and oxygen atoms in total. The summed E-state index contributed by atoms with van der Waals surface area (Å²) in [6.45, 7) is 0. The monoisotopic (exact) mass is 416 g/mol. The van der Waals surface area contributed by atoms with Crippen molar-refractivity contribution in [2.75, 3.05) is 0 Å². The van der Waals surface area contributed by atoms with E-state index in [0.29, 0.717) is 0 Å². The van der Waals surface area contributed by atoms with Crippen LogP contribution in [0.5, 0.6) is 0 Å². The Morgan fingerprint density at radius 2 is 0.781 bits per heavy atom. The molecule has 0 spiro atoms. The van der Waals surface area contributed by atoms with Gasteiger partial charge in [0.25, 0.3) is 0 Å². The predicted molar refractivity (Wildman–Crippen MR) is 116 cm³/mol. The van der Waals surface area contributed by atoms with Crippen molar-refractivity contribution in [3.8, 4) is 0 Å². The molecule has 0 saturated carbocycles. The first kappa shape index (κ1) is 17.7. The van der Waals surface area contributed by atoms with E-state index in [1.807, 2.05) is 48.5 Å². The van der Waals surface area contributed by atoms with Crippen LogP contribution in [0.1, 0.15) is 54.8 Å². The Morgan fingerprint density at radius 1 is 0.469 bits per heavy atom. The largest absolute Gasteiger partial charge is 0.294 e. The number of benzene rings is 3. The van der Waals surface area contributed by atoms with Crippen molar-refractivity contribution in [3.63, 3.8) is 0 Å². The van der Waals surface area contributed by atoms with Crippen LogP contribution >= 0.6 is 0 Å². The lowest BCUT2D eigenvalue weighted by atomic mass is 9.33. The summed E-state index contributed by atoms with van der Waals surface area (Å²) in [5.41, 5.74) is 0.245. The van der Waals surface area contributed by atoms with Crippen LogP contribution in [0.2, 0.25) is 0 Å². The van der Waals surface area contributed by atoms with Gasteiger partial charge in [0, 0.05) is 23.0 Å². The Morgan fingerprint density at radius 3 is 1.12 bits per heavy atom. The Hall–Kier alpha value is -3.92. The highest BCUT2D eigenvalue weighted by molar-refractivity contribution is 6.39. The topological polar surface area (TPSA) is 68.3 Å². The third-order valence-electron chi connectivity index (χ3n) is 8.02. The van der Waals surface area contributed by atoms with Crippen molar-refractivity contribution in [2.24, 2.45) is 10.8 Å². The van der Waals surface area contributed by atoms with E-state index < -0.39 is 45.8 Å². The molecule has 0 N–H and O–H groups in total. The minimum atomic E-state index is -1.81. The Kier molecular flexibility index (Phi) is 3.03. The lowest BCUT2D eigenvalue weighted by molar-refractivity contribution is -0.143. The molecule has 0 amide bonds. The number of ketones is 4. The number of allylic oxidation sites excluding steroid dienone is 2. The van der Waals surface area contributed by atoms with Crippen LogP contribution in [0.4, 0.5) is 0 Å². The van der Waals surface area contributed by atoms with E-state index in [1.54, 1.807) is 24.3 Å². The van der Waals surface area contributed by atoms with E-state index in [0.717, 1.165) is 22.3 Å². The number of hydrogen-bond donors (Lipinski definition) is 0. The molecule has 3 aromatic carbocycles. The Bertz CT molecular complexity index is 1320. The molecule has 32 heavy (non-hydrogen) atoms. The third-order valence-corrected chi connectivity index (χ3v) is 8.02. The molecule has 5 aliphatic carbocycles. The molecule has 0 fully saturated rings. The van der Waals surface area contributed by atoms with Crippen molar-refractivity contribution in [3.05, 3.63) is 118 Å². The highest BCUT2D eigenvalue weighted by Crippen LogP contribution is 2.74. The first-order chi connectivity index (χ1) is 15.6. The fraction of sp³-hybridized carbons (Fsp3) is 0.143. The lowest BCUT2D eigenvalue weighted by Crippen LogP contribution is -2.72. The fourth-order valence-electron chi connectivity index (χ4n) is 7.03. The van der Waals surface area contributed by atoms with Gasteiger partial charge in [-0.3, -0.25) is 19.2 Å². The van der Waals surface area contributed by atoms with Crippen molar-refractivity contribution >= 4 is 23.1 Å². The standard InChI is InChI=1S/C28H16O4/c29-21-13-14-22(30)28-24-16-8-2-1-7-15(16)23(17-9-3-4-10-18(17)24)27(21,28)25(31)19-11-5-6-12-20(19)26(28)32/h1-14,23-24H. The van der Waals surface area contributed by atoms with Crippen molar-refractivity contribution in [1.29, 1.82) is 0 Å². The normalized spacial score (nSPS) is 30.9. The van der Waals surface area contributed by atoms with Gasteiger partial charge in [-0.15, -0.1) is 0 Å². The van der Waals surface area contributed by atoms with Crippen LogP contribution in [0.3, 0.4) is 0 Å². The number of carbonyl (C=O) groups excluding carboxylic acids is 4. The van der Waals surface area contributed by atoms with Gasteiger partial charge in [0.1, 0.15) is 10.8 Å². The first-order valence-electron chi connectivity index (χ1n) is 10.7. The van der Waals surface area contributed by atoms with Gasteiger partial charge in [-0.25, -0.2) is 0 Å². The summed E-state index contributed by atoms with van der Waals surface area (Å²) in [6.07, 6.45) is 2.43. The lowest BCUT2D eigenvalue weighted by Gasteiger charge is -2.63. The second-order valence-corrected chi connectivity index (χ2v) is 9.01.